The van der Waals surface area contributed by atoms with Crippen molar-refractivity contribution in [2.24, 2.45) is 0 Å². The van der Waals surface area contributed by atoms with Gasteiger partial charge in [-0.2, -0.15) is 0 Å². The van der Waals surface area contributed by atoms with Crippen LogP contribution in [-0.2, 0) is 0 Å². The highest BCUT2D eigenvalue weighted by Crippen LogP contribution is 2.41. The minimum absolute atomic E-state index is 0.279. The Morgan fingerprint density at radius 1 is 1.00 bits per heavy atom. The minimum Gasteiger partial charge on any atom is -0.130 e. The third-order valence-corrected chi connectivity index (χ3v) is 6.05. The molecule has 0 N–H and O–H groups in total. The summed E-state index contributed by atoms with van der Waals surface area (Å²) in [7, 11) is 0. The quantitative estimate of drug-likeness (QED) is 0.494. The first-order valence-corrected chi connectivity index (χ1v) is 7.70. The van der Waals surface area contributed by atoms with Crippen molar-refractivity contribution >= 4 is 73.7 Å². The molecular weight excluding hydrogens is 386 g/mol. The minimum atomic E-state index is -0.279. The molecule has 0 spiro atoms. The molecule has 0 fully saturated rings. The number of hydrogen-bond donors (Lipinski definition) is 0. The monoisotopic (exact) mass is 388 g/mol. The van der Waals surface area contributed by atoms with Gasteiger partial charge in [0.05, 0.1) is 24.2 Å². The molecule has 0 amide bonds. The number of alkyl halides is 1. The summed E-state index contributed by atoms with van der Waals surface area (Å²) in [6.07, 6.45) is 0. The van der Waals surface area contributed by atoms with E-state index in [9.17, 15) is 0 Å². The molecule has 0 nitrogen and oxygen atoms in total. The summed E-state index contributed by atoms with van der Waals surface area (Å²) in [5.74, 6) is 0. The van der Waals surface area contributed by atoms with Crippen LogP contribution in [0.25, 0.3) is 0 Å². The summed E-state index contributed by atoms with van der Waals surface area (Å²) in [5, 5.41) is 1.40. The highest BCUT2D eigenvalue weighted by atomic mass is 79.9. The first kappa shape index (κ1) is 14.0. The summed E-state index contributed by atoms with van der Waals surface area (Å²) in [6, 6.07) is 7.20. The van der Waals surface area contributed by atoms with Crippen LogP contribution >= 0.6 is 73.7 Å². The van der Waals surface area contributed by atoms with Gasteiger partial charge in [0.1, 0.15) is 0 Å². The molecule has 0 saturated heterocycles. The van der Waals surface area contributed by atoms with Crippen LogP contribution in [0.2, 0.25) is 15.1 Å². The molecule has 1 heterocycles. The highest BCUT2D eigenvalue weighted by molar-refractivity contribution is 9.11. The number of halogens is 5. The lowest BCUT2D eigenvalue weighted by Crippen LogP contribution is -1.89. The molecule has 1 aromatic carbocycles. The molecule has 90 valence electrons. The Labute approximate surface area is 132 Å². The molecular formula is C11H5BrCl4S. The van der Waals surface area contributed by atoms with E-state index in [2.05, 4.69) is 15.9 Å². The third-order valence-electron chi connectivity index (χ3n) is 2.15. The maximum absolute atomic E-state index is 6.37. The average Bonchev–Trinajstić information content (AvgIpc) is 2.62. The first-order chi connectivity index (χ1) is 7.99. The largest absolute Gasteiger partial charge is 0.130 e. The molecule has 1 atom stereocenters. The zero-order chi connectivity index (χ0) is 12.6. The van der Waals surface area contributed by atoms with E-state index < -0.39 is 0 Å². The Morgan fingerprint density at radius 3 is 2.24 bits per heavy atom. The van der Waals surface area contributed by atoms with Gasteiger partial charge < -0.3 is 0 Å². The van der Waals surface area contributed by atoms with E-state index in [1.807, 2.05) is 12.1 Å². The van der Waals surface area contributed by atoms with Gasteiger partial charge in [-0.25, -0.2) is 0 Å². The van der Waals surface area contributed by atoms with E-state index in [1.165, 1.54) is 11.3 Å². The topological polar surface area (TPSA) is 0 Å². The lowest BCUT2D eigenvalue weighted by molar-refractivity contribution is 1.18. The fourth-order valence-electron chi connectivity index (χ4n) is 1.32. The Bertz CT molecular complexity index is 533. The molecule has 0 aliphatic rings. The van der Waals surface area contributed by atoms with E-state index in [0.717, 1.165) is 14.2 Å². The predicted octanol–water partition coefficient (Wildman–Crippen LogP) is 6.80. The van der Waals surface area contributed by atoms with Crippen LogP contribution in [0.15, 0.2) is 28.1 Å². The van der Waals surface area contributed by atoms with Crippen LogP contribution in [-0.4, -0.2) is 0 Å². The molecule has 0 bridgehead atoms. The van der Waals surface area contributed by atoms with Gasteiger partial charge in [-0.3, -0.25) is 0 Å². The molecule has 0 aliphatic carbocycles. The maximum Gasteiger partial charge on any atom is 0.0929 e. The zero-order valence-corrected chi connectivity index (χ0v) is 13.6. The average molecular weight is 391 g/mol. The molecule has 0 aliphatic heterocycles. The van der Waals surface area contributed by atoms with Crippen molar-refractivity contribution in [2.45, 2.75) is 5.38 Å². The highest BCUT2D eigenvalue weighted by Gasteiger charge is 2.16. The molecule has 17 heavy (non-hydrogen) atoms. The SMILES string of the molecule is Clc1ccc(C(Cl)c2cc(Cl)c(Br)s2)cc1Cl. The van der Waals surface area contributed by atoms with Gasteiger partial charge in [-0.05, 0) is 39.7 Å². The normalized spacial score (nSPS) is 12.8. The lowest BCUT2D eigenvalue weighted by Gasteiger charge is -2.08. The summed E-state index contributed by atoms with van der Waals surface area (Å²) in [6.45, 7) is 0. The number of benzene rings is 1. The number of thiophene rings is 1. The molecule has 1 aromatic heterocycles. The van der Waals surface area contributed by atoms with E-state index in [-0.39, 0.29) is 5.38 Å². The summed E-state index contributed by atoms with van der Waals surface area (Å²) in [4.78, 5) is 0.960. The molecule has 0 saturated carbocycles. The fourth-order valence-corrected chi connectivity index (χ4v) is 3.71. The van der Waals surface area contributed by atoms with Crippen molar-refractivity contribution < 1.29 is 0 Å². The second-order valence-corrected chi connectivity index (χ2v) is 7.37. The molecule has 0 radical (unpaired) electrons. The maximum atomic E-state index is 6.37. The molecule has 6 heteroatoms. The Morgan fingerprint density at radius 2 is 1.71 bits per heavy atom. The van der Waals surface area contributed by atoms with E-state index in [4.69, 9.17) is 46.4 Å². The standard InChI is InChI=1S/C11H5BrCl4S/c12-11-8(15)4-9(17-11)10(16)5-1-2-6(13)7(14)3-5/h1-4,10H. The fraction of sp³-hybridized carbons (Fsp3) is 0.0909. The second-order valence-electron chi connectivity index (χ2n) is 3.31. The molecule has 2 aromatic rings. The number of hydrogen-bond acceptors (Lipinski definition) is 1. The lowest BCUT2D eigenvalue weighted by atomic mass is 10.1. The summed E-state index contributed by atoms with van der Waals surface area (Å²) in [5.41, 5.74) is 0.895. The first-order valence-electron chi connectivity index (χ1n) is 4.53. The summed E-state index contributed by atoms with van der Waals surface area (Å²) >= 11 is 29.0. The Hall–Kier alpha value is 0.560. The smallest absolute Gasteiger partial charge is 0.0929 e. The zero-order valence-electron chi connectivity index (χ0n) is 8.18. The van der Waals surface area contributed by atoms with Crippen molar-refractivity contribution in [2.75, 3.05) is 0 Å². The second kappa shape index (κ2) is 5.68. The van der Waals surface area contributed by atoms with Gasteiger partial charge in [0, 0.05) is 4.88 Å². The van der Waals surface area contributed by atoms with Crippen LogP contribution < -0.4 is 0 Å². The Balaban J connectivity index is 2.36. The van der Waals surface area contributed by atoms with Crippen molar-refractivity contribution in [1.82, 2.24) is 0 Å². The van der Waals surface area contributed by atoms with Crippen molar-refractivity contribution in [3.63, 3.8) is 0 Å². The van der Waals surface area contributed by atoms with Crippen LogP contribution in [0.5, 0.6) is 0 Å². The van der Waals surface area contributed by atoms with Crippen molar-refractivity contribution in [1.29, 1.82) is 0 Å². The van der Waals surface area contributed by atoms with Gasteiger partial charge in [-0.1, -0.05) is 40.9 Å². The number of rotatable bonds is 2. The van der Waals surface area contributed by atoms with Gasteiger partial charge in [0.15, 0.2) is 0 Å². The molecule has 1 unspecified atom stereocenters. The van der Waals surface area contributed by atoms with Crippen LogP contribution in [0.1, 0.15) is 15.8 Å². The van der Waals surface area contributed by atoms with Gasteiger partial charge in [0.25, 0.3) is 0 Å². The third kappa shape index (κ3) is 3.12. The Kier molecular flexibility index (Phi) is 4.67. The van der Waals surface area contributed by atoms with E-state index >= 15 is 0 Å². The van der Waals surface area contributed by atoms with Gasteiger partial charge in [-0.15, -0.1) is 22.9 Å². The van der Waals surface area contributed by atoms with Crippen LogP contribution in [0, 0.1) is 0 Å². The van der Waals surface area contributed by atoms with E-state index in [0.29, 0.717) is 15.1 Å². The van der Waals surface area contributed by atoms with Crippen LogP contribution in [0.4, 0.5) is 0 Å². The van der Waals surface area contributed by atoms with Gasteiger partial charge >= 0.3 is 0 Å². The van der Waals surface area contributed by atoms with Gasteiger partial charge in [0.2, 0.25) is 0 Å². The summed E-state index contributed by atoms with van der Waals surface area (Å²) < 4.78 is 0.875. The van der Waals surface area contributed by atoms with E-state index in [1.54, 1.807) is 12.1 Å². The van der Waals surface area contributed by atoms with Crippen molar-refractivity contribution in [3.05, 3.63) is 53.6 Å². The van der Waals surface area contributed by atoms with Crippen LogP contribution in [0.3, 0.4) is 0 Å². The van der Waals surface area contributed by atoms with Crippen molar-refractivity contribution in [3.8, 4) is 0 Å². The predicted molar refractivity (Wildman–Crippen MR) is 81.2 cm³/mol. The molecule has 2 rings (SSSR count).